The van der Waals surface area contributed by atoms with Crippen molar-refractivity contribution >= 4 is 40.2 Å². The van der Waals surface area contributed by atoms with Crippen LogP contribution < -0.4 is 11.1 Å². The number of nitrogens with one attached hydrogen (secondary N) is 1. The summed E-state index contributed by atoms with van der Waals surface area (Å²) in [5.74, 6) is -0.182. The van der Waals surface area contributed by atoms with E-state index in [9.17, 15) is 4.79 Å². The van der Waals surface area contributed by atoms with Gasteiger partial charge in [0.1, 0.15) is 0 Å². The zero-order valence-corrected chi connectivity index (χ0v) is 14.0. The molecule has 0 fully saturated rings. The largest absolute Gasteiger partial charge is 0.397 e. The van der Waals surface area contributed by atoms with E-state index >= 15 is 0 Å². The van der Waals surface area contributed by atoms with Gasteiger partial charge in [-0.2, -0.15) is 0 Å². The summed E-state index contributed by atoms with van der Waals surface area (Å²) < 4.78 is 0.724. The second kappa shape index (κ2) is 6.44. The molecule has 3 rings (SSSR count). The number of carbonyl (C=O) groups is 1. The Morgan fingerprint density at radius 3 is 2.48 bits per heavy atom. The van der Waals surface area contributed by atoms with E-state index in [2.05, 4.69) is 5.32 Å². The van der Waals surface area contributed by atoms with Crippen LogP contribution in [0.5, 0.6) is 0 Å². The van der Waals surface area contributed by atoms with E-state index in [1.165, 1.54) is 11.3 Å². The molecule has 0 radical (unpaired) electrons. The van der Waals surface area contributed by atoms with Gasteiger partial charge in [-0.15, -0.1) is 11.3 Å². The van der Waals surface area contributed by atoms with Crippen LogP contribution in [0.25, 0.3) is 10.4 Å². The average molecular weight is 343 g/mol. The third-order valence-electron chi connectivity index (χ3n) is 3.47. The summed E-state index contributed by atoms with van der Waals surface area (Å²) in [5, 5.41) is 2.87. The van der Waals surface area contributed by atoms with Crippen molar-refractivity contribution in [2.24, 2.45) is 0 Å². The molecule has 0 aliphatic rings. The summed E-state index contributed by atoms with van der Waals surface area (Å²) in [5.41, 5.74) is 9.78. The number of thiophene rings is 1. The van der Waals surface area contributed by atoms with Crippen LogP contribution in [0.2, 0.25) is 4.34 Å². The molecule has 0 spiro atoms. The predicted octanol–water partition coefficient (Wildman–Crippen LogP) is 5.21. The van der Waals surface area contributed by atoms with Gasteiger partial charge in [0.15, 0.2) is 0 Å². The zero-order chi connectivity index (χ0) is 16.4. The van der Waals surface area contributed by atoms with Gasteiger partial charge in [-0.1, -0.05) is 35.4 Å². The first-order valence-electron chi connectivity index (χ1n) is 7.06. The molecule has 0 aliphatic carbocycles. The van der Waals surface area contributed by atoms with Crippen LogP contribution in [-0.4, -0.2) is 5.91 Å². The zero-order valence-electron chi connectivity index (χ0n) is 12.5. The van der Waals surface area contributed by atoms with Crippen molar-refractivity contribution in [2.75, 3.05) is 11.1 Å². The molecule has 0 saturated heterocycles. The summed E-state index contributed by atoms with van der Waals surface area (Å²) in [6.45, 7) is 1.98. The van der Waals surface area contributed by atoms with Gasteiger partial charge in [-0.05, 0) is 48.9 Å². The van der Waals surface area contributed by atoms with Gasteiger partial charge in [0.25, 0.3) is 5.91 Å². The van der Waals surface area contributed by atoms with Crippen molar-refractivity contribution in [3.05, 3.63) is 70.1 Å². The summed E-state index contributed by atoms with van der Waals surface area (Å²) in [7, 11) is 0. The molecule has 23 heavy (non-hydrogen) atoms. The SMILES string of the molecule is Cc1ccc(C(=O)Nc2cc(-c3ccc(Cl)s3)ccc2N)cc1. The molecule has 3 N–H and O–H groups in total. The van der Waals surface area contributed by atoms with E-state index in [0.29, 0.717) is 16.9 Å². The number of anilines is 2. The van der Waals surface area contributed by atoms with Gasteiger partial charge < -0.3 is 11.1 Å². The number of nitrogens with two attached hydrogens (primary N) is 1. The summed E-state index contributed by atoms with van der Waals surface area (Å²) in [4.78, 5) is 13.4. The monoisotopic (exact) mass is 342 g/mol. The molecule has 0 aliphatic heterocycles. The molecule has 5 heteroatoms. The molecule has 1 amide bonds. The number of amides is 1. The maximum absolute atomic E-state index is 12.3. The normalized spacial score (nSPS) is 10.5. The maximum atomic E-state index is 12.3. The van der Waals surface area contributed by atoms with Crippen LogP contribution in [-0.2, 0) is 0 Å². The molecule has 2 aromatic carbocycles. The van der Waals surface area contributed by atoms with Crippen molar-refractivity contribution in [1.29, 1.82) is 0 Å². The second-order valence-electron chi connectivity index (χ2n) is 5.23. The highest BCUT2D eigenvalue weighted by molar-refractivity contribution is 7.19. The van der Waals surface area contributed by atoms with Crippen LogP contribution in [0.4, 0.5) is 11.4 Å². The number of benzene rings is 2. The van der Waals surface area contributed by atoms with Crippen LogP contribution in [0, 0.1) is 6.92 Å². The van der Waals surface area contributed by atoms with Crippen molar-refractivity contribution < 1.29 is 4.79 Å². The summed E-state index contributed by atoms with van der Waals surface area (Å²) >= 11 is 7.47. The topological polar surface area (TPSA) is 55.1 Å². The minimum atomic E-state index is -0.182. The fourth-order valence-corrected chi connectivity index (χ4v) is 3.23. The highest BCUT2D eigenvalue weighted by atomic mass is 35.5. The third kappa shape index (κ3) is 3.55. The lowest BCUT2D eigenvalue weighted by molar-refractivity contribution is 0.102. The first kappa shape index (κ1) is 15.6. The minimum absolute atomic E-state index is 0.182. The van der Waals surface area contributed by atoms with Crippen LogP contribution in [0.15, 0.2) is 54.6 Å². The van der Waals surface area contributed by atoms with Gasteiger partial charge in [0, 0.05) is 10.4 Å². The quantitative estimate of drug-likeness (QED) is 0.642. The Bertz CT molecular complexity index is 856. The van der Waals surface area contributed by atoms with E-state index < -0.39 is 0 Å². The van der Waals surface area contributed by atoms with Crippen LogP contribution in [0.3, 0.4) is 0 Å². The first-order chi connectivity index (χ1) is 11.0. The molecule has 1 aromatic heterocycles. The number of halogens is 1. The van der Waals surface area contributed by atoms with E-state index in [4.69, 9.17) is 17.3 Å². The lowest BCUT2D eigenvalue weighted by Gasteiger charge is -2.10. The molecule has 116 valence electrons. The highest BCUT2D eigenvalue weighted by Gasteiger charge is 2.10. The molecule has 0 saturated carbocycles. The lowest BCUT2D eigenvalue weighted by Crippen LogP contribution is -2.13. The highest BCUT2D eigenvalue weighted by Crippen LogP contribution is 2.34. The maximum Gasteiger partial charge on any atom is 0.255 e. The molecule has 0 atom stereocenters. The Morgan fingerprint density at radius 2 is 1.83 bits per heavy atom. The average Bonchev–Trinajstić information content (AvgIpc) is 2.96. The Hall–Kier alpha value is -2.30. The van der Waals surface area contributed by atoms with Crippen molar-refractivity contribution in [2.45, 2.75) is 6.92 Å². The summed E-state index contributed by atoms with van der Waals surface area (Å²) in [6.07, 6.45) is 0. The smallest absolute Gasteiger partial charge is 0.255 e. The van der Waals surface area contributed by atoms with E-state index in [0.717, 1.165) is 20.3 Å². The van der Waals surface area contributed by atoms with Crippen molar-refractivity contribution in [1.82, 2.24) is 0 Å². The second-order valence-corrected chi connectivity index (χ2v) is 6.94. The number of rotatable bonds is 3. The Kier molecular flexibility index (Phi) is 4.37. The minimum Gasteiger partial charge on any atom is -0.397 e. The number of hydrogen-bond donors (Lipinski definition) is 2. The number of aryl methyl sites for hydroxylation is 1. The standard InChI is InChI=1S/C18H15ClN2OS/c1-11-2-4-12(5-3-11)18(22)21-15-10-13(6-7-14(15)20)16-8-9-17(19)23-16/h2-10H,20H2,1H3,(H,21,22). The molecular weight excluding hydrogens is 328 g/mol. The van der Waals surface area contributed by atoms with E-state index in [1.807, 2.05) is 43.3 Å². The van der Waals surface area contributed by atoms with Gasteiger partial charge in [-0.3, -0.25) is 4.79 Å². The number of carbonyl (C=O) groups excluding carboxylic acids is 1. The van der Waals surface area contributed by atoms with Crippen LogP contribution in [0.1, 0.15) is 15.9 Å². The third-order valence-corrected chi connectivity index (χ3v) is 4.75. The fourth-order valence-electron chi connectivity index (χ4n) is 2.19. The molecule has 0 bridgehead atoms. The van der Waals surface area contributed by atoms with Crippen molar-refractivity contribution in [3.63, 3.8) is 0 Å². The van der Waals surface area contributed by atoms with E-state index in [1.54, 1.807) is 18.2 Å². The van der Waals surface area contributed by atoms with E-state index in [-0.39, 0.29) is 5.91 Å². The molecule has 3 nitrogen and oxygen atoms in total. The Morgan fingerprint density at radius 1 is 1.09 bits per heavy atom. The number of hydrogen-bond acceptors (Lipinski definition) is 3. The number of nitrogen functional groups attached to an aromatic ring is 1. The molecule has 3 aromatic rings. The summed E-state index contributed by atoms with van der Waals surface area (Å²) in [6, 6.07) is 16.8. The van der Waals surface area contributed by atoms with Crippen LogP contribution >= 0.6 is 22.9 Å². The first-order valence-corrected chi connectivity index (χ1v) is 8.25. The molecular formula is C18H15ClN2OS. The van der Waals surface area contributed by atoms with Gasteiger partial charge in [-0.25, -0.2) is 0 Å². The van der Waals surface area contributed by atoms with Gasteiger partial charge >= 0.3 is 0 Å². The predicted molar refractivity (Wildman–Crippen MR) is 98.3 cm³/mol. The Balaban J connectivity index is 1.87. The lowest BCUT2D eigenvalue weighted by atomic mass is 10.1. The van der Waals surface area contributed by atoms with Crippen molar-refractivity contribution in [3.8, 4) is 10.4 Å². The van der Waals surface area contributed by atoms with Gasteiger partial charge in [0.05, 0.1) is 15.7 Å². The fraction of sp³-hybridized carbons (Fsp3) is 0.0556. The Labute approximate surface area is 143 Å². The van der Waals surface area contributed by atoms with Gasteiger partial charge in [0.2, 0.25) is 0 Å². The molecule has 0 unspecified atom stereocenters. The molecule has 1 heterocycles.